The van der Waals surface area contributed by atoms with Crippen LogP contribution in [0.1, 0.15) is 29.3 Å². The van der Waals surface area contributed by atoms with Gasteiger partial charge in [-0.15, -0.1) is 0 Å². The monoisotopic (exact) mass is 386 g/mol. The Morgan fingerprint density at radius 1 is 1.10 bits per heavy atom. The van der Waals surface area contributed by atoms with Crippen LogP contribution in [0.4, 0.5) is 0 Å². The Kier molecular flexibility index (Phi) is 3.84. The van der Waals surface area contributed by atoms with Crippen LogP contribution in [0.15, 0.2) is 53.6 Å². The molecule has 6 nitrogen and oxygen atoms in total. The molecule has 0 bridgehead atoms. The van der Waals surface area contributed by atoms with Crippen molar-refractivity contribution in [3.8, 4) is 0 Å². The summed E-state index contributed by atoms with van der Waals surface area (Å²) in [6.07, 6.45) is 2.37. The molecule has 0 aliphatic carbocycles. The Balaban J connectivity index is 1.56. The van der Waals surface area contributed by atoms with Crippen LogP contribution in [0.25, 0.3) is 10.9 Å². The van der Waals surface area contributed by atoms with E-state index in [1.54, 1.807) is 11.1 Å². The molecule has 1 N–H and O–H groups in total. The second-order valence-electron chi connectivity index (χ2n) is 7.91. The number of benzene rings is 2. The molecule has 2 amide bonds. The molecule has 1 atom stereocenters. The molecule has 29 heavy (non-hydrogen) atoms. The Morgan fingerprint density at radius 2 is 1.86 bits per heavy atom. The molecule has 6 heteroatoms. The lowest BCUT2D eigenvalue weighted by Crippen LogP contribution is -2.65. The molecule has 2 aliphatic heterocycles. The van der Waals surface area contributed by atoms with Crippen molar-refractivity contribution in [3.63, 3.8) is 0 Å². The second kappa shape index (κ2) is 6.30. The summed E-state index contributed by atoms with van der Waals surface area (Å²) in [5.41, 5.74) is 3.87. The van der Waals surface area contributed by atoms with Gasteiger partial charge >= 0.3 is 0 Å². The maximum Gasteiger partial charge on any atom is 0.275 e. The van der Waals surface area contributed by atoms with E-state index in [0.717, 1.165) is 39.7 Å². The van der Waals surface area contributed by atoms with E-state index in [0.29, 0.717) is 6.54 Å². The summed E-state index contributed by atoms with van der Waals surface area (Å²) >= 11 is 0. The van der Waals surface area contributed by atoms with Crippen molar-refractivity contribution < 1.29 is 9.59 Å². The van der Waals surface area contributed by atoms with Crippen molar-refractivity contribution in [2.24, 2.45) is 5.10 Å². The van der Waals surface area contributed by atoms with E-state index in [1.165, 1.54) is 5.01 Å². The third-order valence-electron chi connectivity index (χ3n) is 6.09. The van der Waals surface area contributed by atoms with Gasteiger partial charge in [0.2, 0.25) is 5.91 Å². The van der Waals surface area contributed by atoms with E-state index in [2.05, 4.69) is 16.2 Å². The van der Waals surface area contributed by atoms with Crippen LogP contribution in [0.3, 0.4) is 0 Å². The number of H-pyrrole nitrogens is 1. The molecule has 1 saturated heterocycles. The molecule has 5 rings (SSSR count). The zero-order valence-electron chi connectivity index (χ0n) is 16.5. The van der Waals surface area contributed by atoms with Gasteiger partial charge in [0.25, 0.3) is 5.91 Å². The zero-order chi connectivity index (χ0) is 20.2. The lowest BCUT2D eigenvalue weighted by atomic mass is 9.83. The van der Waals surface area contributed by atoms with Crippen molar-refractivity contribution in [2.75, 3.05) is 13.1 Å². The molecule has 146 valence electrons. The third kappa shape index (κ3) is 2.59. The summed E-state index contributed by atoms with van der Waals surface area (Å²) in [6, 6.07) is 15.9. The average Bonchev–Trinajstić information content (AvgIpc) is 3.11. The number of rotatable bonds is 2. The van der Waals surface area contributed by atoms with Gasteiger partial charge in [0, 0.05) is 17.4 Å². The molecule has 0 unspecified atom stereocenters. The number of piperazine rings is 1. The SMILES string of the molecule is Cc1ccc(C=NN2CC(=O)N3CCc4c([nH]c5ccccc45)[C@]3(C)C2=O)cc1. The normalized spacial score (nSPS) is 21.7. The number of hydrogen-bond donors (Lipinski definition) is 1. The summed E-state index contributed by atoms with van der Waals surface area (Å²) in [5, 5.41) is 6.79. The Labute approximate surface area is 168 Å². The van der Waals surface area contributed by atoms with Gasteiger partial charge in [0.1, 0.15) is 6.54 Å². The molecule has 0 radical (unpaired) electrons. The minimum atomic E-state index is -1.08. The molecule has 2 aliphatic rings. The van der Waals surface area contributed by atoms with Gasteiger partial charge in [0.15, 0.2) is 5.54 Å². The van der Waals surface area contributed by atoms with Gasteiger partial charge in [-0.25, -0.2) is 5.01 Å². The van der Waals surface area contributed by atoms with Crippen LogP contribution in [0.2, 0.25) is 0 Å². The molecule has 1 aromatic heterocycles. The van der Waals surface area contributed by atoms with Crippen molar-refractivity contribution in [3.05, 3.63) is 70.9 Å². The Hall–Kier alpha value is -3.41. The fourth-order valence-electron chi connectivity index (χ4n) is 4.47. The number of hydrogen-bond acceptors (Lipinski definition) is 3. The summed E-state index contributed by atoms with van der Waals surface area (Å²) in [5.74, 6) is -0.273. The molecule has 3 aromatic rings. The molecule has 3 heterocycles. The van der Waals surface area contributed by atoms with Gasteiger partial charge in [-0.1, -0.05) is 48.0 Å². The fourth-order valence-corrected chi connectivity index (χ4v) is 4.47. The number of aromatic amines is 1. The number of fused-ring (bicyclic) bond motifs is 5. The number of amides is 2. The first-order chi connectivity index (χ1) is 14.0. The van der Waals surface area contributed by atoms with Crippen molar-refractivity contribution in [1.82, 2.24) is 14.9 Å². The highest BCUT2D eigenvalue weighted by Crippen LogP contribution is 2.41. The average molecular weight is 386 g/mol. The number of carbonyl (C=O) groups excluding carboxylic acids is 2. The van der Waals surface area contributed by atoms with Crippen LogP contribution in [-0.4, -0.2) is 46.0 Å². The van der Waals surface area contributed by atoms with Crippen LogP contribution in [0.5, 0.6) is 0 Å². The summed E-state index contributed by atoms with van der Waals surface area (Å²) in [6.45, 7) is 4.34. The first-order valence-electron chi connectivity index (χ1n) is 9.81. The van der Waals surface area contributed by atoms with E-state index < -0.39 is 5.54 Å². The van der Waals surface area contributed by atoms with Gasteiger partial charge in [0.05, 0.1) is 11.9 Å². The van der Waals surface area contributed by atoms with Crippen molar-refractivity contribution in [1.29, 1.82) is 0 Å². The highest BCUT2D eigenvalue weighted by atomic mass is 16.2. The van der Waals surface area contributed by atoms with Crippen LogP contribution in [-0.2, 0) is 21.5 Å². The van der Waals surface area contributed by atoms with E-state index in [1.807, 2.05) is 56.3 Å². The van der Waals surface area contributed by atoms with Gasteiger partial charge in [-0.2, -0.15) is 5.10 Å². The lowest BCUT2D eigenvalue weighted by Gasteiger charge is -2.48. The van der Waals surface area contributed by atoms with E-state index in [-0.39, 0.29) is 18.4 Å². The van der Waals surface area contributed by atoms with Gasteiger partial charge < -0.3 is 9.88 Å². The smallest absolute Gasteiger partial charge is 0.275 e. The predicted molar refractivity (Wildman–Crippen MR) is 112 cm³/mol. The maximum atomic E-state index is 13.5. The highest BCUT2D eigenvalue weighted by molar-refractivity contribution is 6.01. The number of hydrazone groups is 1. The van der Waals surface area contributed by atoms with E-state index in [4.69, 9.17) is 0 Å². The number of nitrogens with zero attached hydrogens (tertiary/aromatic N) is 3. The van der Waals surface area contributed by atoms with Gasteiger partial charge in [-0.3, -0.25) is 9.59 Å². The molecule has 0 saturated carbocycles. The first kappa shape index (κ1) is 17.7. The number of aromatic nitrogens is 1. The van der Waals surface area contributed by atoms with Crippen LogP contribution in [0, 0.1) is 6.92 Å². The zero-order valence-corrected chi connectivity index (χ0v) is 16.5. The fraction of sp³-hybridized carbons (Fsp3) is 0.261. The molecule has 0 spiro atoms. The number of nitrogens with one attached hydrogen (secondary N) is 1. The van der Waals surface area contributed by atoms with Gasteiger partial charge in [-0.05, 0) is 37.5 Å². The summed E-state index contributed by atoms with van der Waals surface area (Å²) in [7, 11) is 0. The lowest BCUT2D eigenvalue weighted by molar-refractivity contribution is -0.165. The Bertz CT molecular complexity index is 1160. The minimum Gasteiger partial charge on any atom is -0.356 e. The molecule has 1 fully saturated rings. The number of para-hydroxylation sites is 1. The number of carbonyl (C=O) groups is 2. The topological polar surface area (TPSA) is 68.8 Å². The summed E-state index contributed by atoms with van der Waals surface area (Å²) in [4.78, 5) is 31.6. The van der Waals surface area contributed by atoms with Crippen LogP contribution < -0.4 is 0 Å². The van der Waals surface area contributed by atoms with E-state index in [9.17, 15) is 9.59 Å². The maximum absolute atomic E-state index is 13.5. The summed E-state index contributed by atoms with van der Waals surface area (Å²) < 4.78 is 0. The molecule has 2 aromatic carbocycles. The second-order valence-corrected chi connectivity index (χ2v) is 7.91. The third-order valence-corrected chi connectivity index (χ3v) is 6.09. The van der Waals surface area contributed by atoms with E-state index >= 15 is 0 Å². The standard InChI is InChI=1S/C23H22N4O2/c1-15-7-9-16(10-8-15)13-24-27-14-20(28)26-12-11-18-17-5-3-4-6-19(17)25-21(18)23(26,2)22(27)29/h3-10,13,25H,11-12,14H2,1-2H3/t23-/m1/s1. The minimum absolute atomic E-state index is 0.0354. The quantitative estimate of drug-likeness (QED) is 0.688. The first-order valence-corrected chi connectivity index (χ1v) is 9.81. The highest BCUT2D eigenvalue weighted by Gasteiger charge is 2.54. The van der Waals surface area contributed by atoms with Crippen LogP contribution >= 0.6 is 0 Å². The molecular weight excluding hydrogens is 364 g/mol. The predicted octanol–water partition coefficient (Wildman–Crippen LogP) is 2.95. The molecular formula is C23H22N4O2. The largest absolute Gasteiger partial charge is 0.356 e. The number of aryl methyl sites for hydroxylation is 1. The Morgan fingerprint density at radius 3 is 2.66 bits per heavy atom. The van der Waals surface area contributed by atoms with Crippen molar-refractivity contribution in [2.45, 2.75) is 25.8 Å². The van der Waals surface area contributed by atoms with Crippen molar-refractivity contribution >= 4 is 28.9 Å².